The molecule has 1 aromatic carbocycles. The fraction of sp³-hybridized carbons (Fsp3) is 0.533. The summed E-state index contributed by atoms with van der Waals surface area (Å²) in [6.07, 6.45) is 3.52. The number of rotatable bonds is 4. The standard InChI is InChI=1S/C15H20O2/c1-3-12(4-2)15(14(16)17)10-9-11-7-5-6-8-13(11)15/h5-8,12H,3-4,9-10H2,1-2H3,(H,16,17). The molecule has 0 radical (unpaired) electrons. The van der Waals surface area contributed by atoms with Gasteiger partial charge in [-0.05, 0) is 29.9 Å². The van der Waals surface area contributed by atoms with Crippen LogP contribution in [0, 0.1) is 5.92 Å². The fourth-order valence-electron chi connectivity index (χ4n) is 3.45. The highest BCUT2D eigenvalue weighted by molar-refractivity contribution is 5.83. The van der Waals surface area contributed by atoms with Crippen molar-refractivity contribution in [2.45, 2.75) is 44.9 Å². The summed E-state index contributed by atoms with van der Waals surface area (Å²) in [6.45, 7) is 4.19. The maximum Gasteiger partial charge on any atom is 0.314 e. The number of benzene rings is 1. The molecule has 0 fully saturated rings. The third-order valence-corrected chi connectivity index (χ3v) is 4.35. The molecular formula is C15H20O2. The van der Waals surface area contributed by atoms with Crippen LogP contribution in [0.5, 0.6) is 0 Å². The van der Waals surface area contributed by atoms with Crippen LogP contribution in [0.15, 0.2) is 24.3 Å². The summed E-state index contributed by atoms with van der Waals surface area (Å²) < 4.78 is 0. The Kier molecular flexibility index (Phi) is 3.23. The van der Waals surface area contributed by atoms with Crippen molar-refractivity contribution in [3.63, 3.8) is 0 Å². The van der Waals surface area contributed by atoms with E-state index in [4.69, 9.17) is 0 Å². The van der Waals surface area contributed by atoms with Crippen LogP contribution in [-0.2, 0) is 16.6 Å². The van der Waals surface area contributed by atoms with E-state index in [1.807, 2.05) is 18.2 Å². The van der Waals surface area contributed by atoms with Crippen molar-refractivity contribution >= 4 is 5.97 Å². The lowest BCUT2D eigenvalue weighted by Crippen LogP contribution is -2.40. The summed E-state index contributed by atoms with van der Waals surface area (Å²) >= 11 is 0. The number of aryl methyl sites for hydroxylation is 1. The number of hydrogen-bond acceptors (Lipinski definition) is 1. The molecule has 1 atom stereocenters. The Morgan fingerprint density at radius 3 is 2.59 bits per heavy atom. The van der Waals surface area contributed by atoms with Gasteiger partial charge in [0.05, 0.1) is 5.41 Å². The SMILES string of the molecule is CCC(CC)C1(C(=O)O)CCc2ccccc21. The van der Waals surface area contributed by atoms with Gasteiger partial charge in [-0.1, -0.05) is 51.0 Å². The third-order valence-electron chi connectivity index (χ3n) is 4.35. The summed E-state index contributed by atoms with van der Waals surface area (Å²) in [5.41, 5.74) is 1.64. The number of carbonyl (C=O) groups is 1. The average Bonchev–Trinajstić information content (AvgIpc) is 2.72. The minimum Gasteiger partial charge on any atom is -0.481 e. The molecule has 0 aliphatic heterocycles. The van der Waals surface area contributed by atoms with Crippen LogP contribution in [0.25, 0.3) is 0 Å². The molecule has 1 N–H and O–H groups in total. The molecule has 2 heteroatoms. The molecule has 92 valence electrons. The Labute approximate surface area is 103 Å². The smallest absolute Gasteiger partial charge is 0.314 e. The fourth-order valence-corrected chi connectivity index (χ4v) is 3.45. The Morgan fingerprint density at radius 1 is 1.35 bits per heavy atom. The van der Waals surface area contributed by atoms with Gasteiger partial charge < -0.3 is 5.11 Å². The first-order valence-corrected chi connectivity index (χ1v) is 6.48. The summed E-state index contributed by atoms with van der Waals surface area (Å²) in [5.74, 6) is -0.403. The summed E-state index contributed by atoms with van der Waals surface area (Å²) in [5, 5.41) is 9.74. The molecule has 0 bridgehead atoms. The normalized spacial score (nSPS) is 22.8. The minimum absolute atomic E-state index is 0.239. The van der Waals surface area contributed by atoms with Crippen molar-refractivity contribution < 1.29 is 9.90 Å². The summed E-state index contributed by atoms with van der Waals surface area (Å²) in [7, 11) is 0. The van der Waals surface area contributed by atoms with E-state index < -0.39 is 11.4 Å². The number of carboxylic acid groups (broad SMARTS) is 1. The van der Waals surface area contributed by atoms with Crippen LogP contribution >= 0.6 is 0 Å². The van der Waals surface area contributed by atoms with Crippen molar-refractivity contribution in [3.8, 4) is 0 Å². The average molecular weight is 232 g/mol. The van der Waals surface area contributed by atoms with Crippen LogP contribution in [0.4, 0.5) is 0 Å². The van der Waals surface area contributed by atoms with Gasteiger partial charge in [0.1, 0.15) is 0 Å². The zero-order chi connectivity index (χ0) is 12.5. The molecule has 1 aliphatic rings. The molecule has 0 amide bonds. The van der Waals surface area contributed by atoms with E-state index in [-0.39, 0.29) is 5.92 Å². The Morgan fingerprint density at radius 2 is 2.00 bits per heavy atom. The van der Waals surface area contributed by atoms with E-state index in [0.29, 0.717) is 0 Å². The van der Waals surface area contributed by atoms with Gasteiger partial charge in [-0.15, -0.1) is 0 Å². The van der Waals surface area contributed by atoms with Crippen LogP contribution in [-0.4, -0.2) is 11.1 Å². The predicted octanol–water partition coefficient (Wildman–Crippen LogP) is 3.39. The van der Waals surface area contributed by atoms with E-state index in [9.17, 15) is 9.90 Å². The number of fused-ring (bicyclic) bond motifs is 1. The van der Waals surface area contributed by atoms with Gasteiger partial charge in [0, 0.05) is 0 Å². The molecular weight excluding hydrogens is 212 g/mol. The van der Waals surface area contributed by atoms with Crippen molar-refractivity contribution in [2.75, 3.05) is 0 Å². The quantitative estimate of drug-likeness (QED) is 0.864. The van der Waals surface area contributed by atoms with Crippen molar-refractivity contribution in [3.05, 3.63) is 35.4 Å². The van der Waals surface area contributed by atoms with Gasteiger partial charge in [-0.25, -0.2) is 0 Å². The van der Waals surface area contributed by atoms with Gasteiger partial charge in [0.15, 0.2) is 0 Å². The molecule has 1 aromatic rings. The monoisotopic (exact) mass is 232 g/mol. The molecule has 0 aromatic heterocycles. The van der Waals surface area contributed by atoms with Crippen LogP contribution < -0.4 is 0 Å². The molecule has 2 nitrogen and oxygen atoms in total. The van der Waals surface area contributed by atoms with Gasteiger partial charge in [-0.2, -0.15) is 0 Å². The topological polar surface area (TPSA) is 37.3 Å². The molecule has 0 saturated carbocycles. The highest BCUT2D eigenvalue weighted by Gasteiger charge is 2.49. The Balaban J connectivity index is 2.55. The van der Waals surface area contributed by atoms with Gasteiger partial charge in [-0.3, -0.25) is 4.79 Å². The zero-order valence-electron chi connectivity index (χ0n) is 10.6. The highest BCUT2D eigenvalue weighted by Crippen LogP contribution is 2.47. The van der Waals surface area contributed by atoms with Crippen LogP contribution in [0.2, 0.25) is 0 Å². The molecule has 17 heavy (non-hydrogen) atoms. The van der Waals surface area contributed by atoms with Gasteiger partial charge in [0.2, 0.25) is 0 Å². The van der Waals surface area contributed by atoms with E-state index in [1.165, 1.54) is 5.56 Å². The second kappa shape index (κ2) is 4.52. The summed E-state index contributed by atoms with van der Waals surface area (Å²) in [4.78, 5) is 11.8. The lowest BCUT2D eigenvalue weighted by atomic mass is 9.69. The second-order valence-corrected chi connectivity index (χ2v) is 4.95. The molecule has 1 aliphatic carbocycles. The highest BCUT2D eigenvalue weighted by atomic mass is 16.4. The first kappa shape index (κ1) is 12.2. The number of carboxylic acids is 1. The van der Waals surface area contributed by atoms with Crippen LogP contribution in [0.1, 0.15) is 44.2 Å². The first-order valence-electron chi connectivity index (χ1n) is 6.48. The summed E-state index contributed by atoms with van der Waals surface area (Å²) in [6, 6.07) is 8.05. The minimum atomic E-state index is -0.642. The molecule has 2 rings (SSSR count). The molecule has 0 saturated heterocycles. The Bertz CT molecular complexity index is 421. The van der Waals surface area contributed by atoms with Crippen LogP contribution in [0.3, 0.4) is 0 Å². The molecule has 1 unspecified atom stereocenters. The first-order chi connectivity index (χ1) is 8.16. The zero-order valence-corrected chi connectivity index (χ0v) is 10.6. The number of aliphatic carboxylic acids is 1. The lowest BCUT2D eigenvalue weighted by Gasteiger charge is -2.33. The maximum atomic E-state index is 11.8. The van der Waals surface area contributed by atoms with Gasteiger partial charge in [0.25, 0.3) is 0 Å². The van der Waals surface area contributed by atoms with E-state index >= 15 is 0 Å². The number of hydrogen-bond donors (Lipinski definition) is 1. The van der Waals surface area contributed by atoms with Crippen molar-refractivity contribution in [1.29, 1.82) is 0 Å². The van der Waals surface area contributed by atoms with E-state index in [1.54, 1.807) is 0 Å². The molecule has 0 heterocycles. The third kappa shape index (κ3) is 1.67. The van der Waals surface area contributed by atoms with E-state index in [0.717, 1.165) is 31.2 Å². The Hall–Kier alpha value is -1.31. The predicted molar refractivity (Wildman–Crippen MR) is 68.1 cm³/mol. The molecule has 0 spiro atoms. The van der Waals surface area contributed by atoms with Crippen molar-refractivity contribution in [1.82, 2.24) is 0 Å². The van der Waals surface area contributed by atoms with Crippen molar-refractivity contribution in [2.24, 2.45) is 5.92 Å². The van der Waals surface area contributed by atoms with E-state index in [2.05, 4.69) is 19.9 Å². The maximum absolute atomic E-state index is 11.8. The second-order valence-electron chi connectivity index (χ2n) is 4.95. The van der Waals surface area contributed by atoms with Gasteiger partial charge >= 0.3 is 5.97 Å². The largest absolute Gasteiger partial charge is 0.481 e. The lowest BCUT2D eigenvalue weighted by molar-refractivity contribution is -0.146.